The molecule has 0 unspecified atom stereocenters. The Kier molecular flexibility index (Phi) is 7.56. The topological polar surface area (TPSA) is 0 Å². The van der Waals surface area contributed by atoms with Gasteiger partial charge < -0.3 is 0 Å². The maximum Gasteiger partial charge on any atom is -0.0132 e. The maximum atomic E-state index is 2.32. The van der Waals surface area contributed by atoms with Crippen molar-refractivity contribution in [2.45, 2.75) is 77.6 Å². The van der Waals surface area contributed by atoms with Crippen LogP contribution in [0.3, 0.4) is 0 Å². The standard InChI is InChI=1S/C24H34/c1-24(2,3)23-19-17-22(18-20-23)16-10-7-5-4-6-9-13-21-14-11-8-12-15-21/h8,11-12,14-15,17-20H,4-7,9-10,13,16H2,1-3H3. The molecule has 0 atom stereocenters. The Morgan fingerprint density at radius 3 is 1.50 bits per heavy atom. The number of aryl methyl sites for hydroxylation is 2. The Balaban J connectivity index is 1.52. The largest absolute Gasteiger partial charge is 0.0622 e. The second-order valence-corrected chi connectivity index (χ2v) is 8.05. The van der Waals surface area contributed by atoms with E-state index in [1.807, 2.05) is 0 Å². The lowest BCUT2D eigenvalue weighted by molar-refractivity contribution is 0.587. The Labute approximate surface area is 149 Å². The van der Waals surface area contributed by atoms with E-state index in [0.717, 1.165) is 0 Å². The molecule has 0 N–H and O–H groups in total. The number of unbranched alkanes of at least 4 members (excludes halogenated alkanes) is 5. The highest BCUT2D eigenvalue weighted by Gasteiger charge is 2.12. The van der Waals surface area contributed by atoms with Crippen LogP contribution in [0.4, 0.5) is 0 Å². The summed E-state index contributed by atoms with van der Waals surface area (Å²) in [5.41, 5.74) is 4.67. The summed E-state index contributed by atoms with van der Waals surface area (Å²) < 4.78 is 0. The van der Waals surface area contributed by atoms with Crippen LogP contribution >= 0.6 is 0 Å². The second-order valence-electron chi connectivity index (χ2n) is 8.05. The zero-order chi connectivity index (χ0) is 17.3. The summed E-state index contributed by atoms with van der Waals surface area (Å²) in [7, 11) is 0. The molecule has 0 fully saturated rings. The lowest BCUT2D eigenvalue weighted by Gasteiger charge is -2.19. The van der Waals surface area contributed by atoms with E-state index in [9.17, 15) is 0 Å². The van der Waals surface area contributed by atoms with Crippen molar-refractivity contribution in [3.8, 4) is 0 Å². The zero-order valence-electron chi connectivity index (χ0n) is 15.9. The molecule has 0 aromatic heterocycles. The highest BCUT2D eigenvalue weighted by Crippen LogP contribution is 2.22. The highest BCUT2D eigenvalue weighted by molar-refractivity contribution is 5.27. The molecule has 0 nitrogen and oxygen atoms in total. The molecule has 0 aliphatic rings. The molecule has 2 aromatic carbocycles. The van der Waals surface area contributed by atoms with Crippen molar-refractivity contribution >= 4 is 0 Å². The summed E-state index contributed by atoms with van der Waals surface area (Å²) in [5, 5.41) is 0. The SMILES string of the molecule is CC(C)(C)c1ccc(CCCCCCCCc2ccccc2)cc1. The first-order valence-corrected chi connectivity index (χ1v) is 9.69. The van der Waals surface area contributed by atoms with Gasteiger partial charge >= 0.3 is 0 Å². The summed E-state index contributed by atoms with van der Waals surface area (Å²) in [6.45, 7) is 6.83. The van der Waals surface area contributed by atoms with Crippen molar-refractivity contribution in [2.24, 2.45) is 0 Å². The van der Waals surface area contributed by atoms with E-state index in [4.69, 9.17) is 0 Å². The van der Waals surface area contributed by atoms with Crippen molar-refractivity contribution in [3.05, 3.63) is 71.3 Å². The first kappa shape index (κ1) is 18.8. The fraction of sp³-hybridized carbons (Fsp3) is 0.500. The van der Waals surface area contributed by atoms with E-state index in [0.29, 0.717) is 0 Å². The fourth-order valence-corrected chi connectivity index (χ4v) is 3.18. The normalized spacial score (nSPS) is 11.6. The van der Waals surface area contributed by atoms with Gasteiger partial charge in [-0.1, -0.05) is 101 Å². The lowest BCUT2D eigenvalue weighted by Crippen LogP contribution is -2.10. The second kappa shape index (κ2) is 9.67. The minimum Gasteiger partial charge on any atom is -0.0622 e. The van der Waals surface area contributed by atoms with Gasteiger partial charge in [0.2, 0.25) is 0 Å². The summed E-state index contributed by atoms with van der Waals surface area (Å²) >= 11 is 0. The van der Waals surface area contributed by atoms with E-state index in [-0.39, 0.29) is 5.41 Å². The van der Waals surface area contributed by atoms with E-state index in [2.05, 4.69) is 75.4 Å². The molecule has 2 aromatic rings. The summed E-state index contributed by atoms with van der Waals surface area (Å²) in [6, 6.07) is 20.1. The van der Waals surface area contributed by atoms with Crippen molar-refractivity contribution < 1.29 is 0 Å². The summed E-state index contributed by atoms with van der Waals surface area (Å²) in [6.07, 6.45) is 10.6. The van der Waals surface area contributed by atoms with Crippen LogP contribution in [-0.2, 0) is 18.3 Å². The molecule has 0 heterocycles. The maximum absolute atomic E-state index is 2.32. The average molecular weight is 323 g/mol. The Bertz CT molecular complexity index is 557. The van der Waals surface area contributed by atoms with Gasteiger partial charge in [-0.05, 0) is 47.8 Å². The van der Waals surface area contributed by atoms with Gasteiger partial charge in [-0.3, -0.25) is 0 Å². The molecule has 0 aliphatic carbocycles. The molecule has 0 radical (unpaired) electrons. The van der Waals surface area contributed by atoms with Gasteiger partial charge in [-0.15, -0.1) is 0 Å². The van der Waals surface area contributed by atoms with Crippen LogP contribution in [0.2, 0.25) is 0 Å². The lowest BCUT2D eigenvalue weighted by atomic mass is 9.86. The predicted octanol–water partition coefficient (Wildman–Crippen LogP) is 7.11. The number of rotatable bonds is 9. The van der Waals surface area contributed by atoms with Gasteiger partial charge in [-0.25, -0.2) is 0 Å². The van der Waals surface area contributed by atoms with Crippen molar-refractivity contribution in [2.75, 3.05) is 0 Å². The van der Waals surface area contributed by atoms with Gasteiger partial charge in [0.25, 0.3) is 0 Å². The Morgan fingerprint density at radius 1 is 0.542 bits per heavy atom. The molecule has 130 valence electrons. The van der Waals surface area contributed by atoms with Crippen LogP contribution in [-0.4, -0.2) is 0 Å². The third-order valence-corrected chi connectivity index (χ3v) is 4.84. The Hall–Kier alpha value is -1.56. The number of hydrogen-bond acceptors (Lipinski definition) is 0. The van der Waals surface area contributed by atoms with Gasteiger partial charge in [0.15, 0.2) is 0 Å². The van der Waals surface area contributed by atoms with Crippen molar-refractivity contribution in [1.29, 1.82) is 0 Å². The van der Waals surface area contributed by atoms with Crippen LogP contribution < -0.4 is 0 Å². The van der Waals surface area contributed by atoms with Crippen LogP contribution in [0.25, 0.3) is 0 Å². The van der Waals surface area contributed by atoms with Crippen LogP contribution in [0, 0.1) is 0 Å². The van der Waals surface area contributed by atoms with E-state index >= 15 is 0 Å². The molecule has 0 spiro atoms. The van der Waals surface area contributed by atoms with Crippen molar-refractivity contribution in [3.63, 3.8) is 0 Å². The van der Waals surface area contributed by atoms with Gasteiger partial charge in [-0.2, -0.15) is 0 Å². The van der Waals surface area contributed by atoms with Crippen molar-refractivity contribution in [1.82, 2.24) is 0 Å². The number of benzene rings is 2. The Morgan fingerprint density at radius 2 is 1.00 bits per heavy atom. The van der Waals surface area contributed by atoms with Crippen LogP contribution in [0.15, 0.2) is 54.6 Å². The molecular weight excluding hydrogens is 288 g/mol. The van der Waals surface area contributed by atoms with Gasteiger partial charge in [0, 0.05) is 0 Å². The third kappa shape index (κ3) is 6.91. The predicted molar refractivity (Wildman–Crippen MR) is 107 cm³/mol. The molecule has 0 heteroatoms. The summed E-state index contributed by atoms with van der Waals surface area (Å²) in [4.78, 5) is 0. The molecule has 2 rings (SSSR count). The summed E-state index contributed by atoms with van der Waals surface area (Å²) in [5.74, 6) is 0. The van der Waals surface area contributed by atoms with E-state index in [1.165, 1.54) is 68.1 Å². The first-order chi connectivity index (χ1) is 11.6. The molecular formula is C24H34. The molecule has 0 saturated carbocycles. The smallest absolute Gasteiger partial charge is 0.0132 e. The number of hydrogen-bond donors (Lipinski definition) is 0. The van der Waals surface area contributed by atoms with E-state index < -0.39 is 0 Å². The average Bonchev–Trinajstić information content (AvgIpc) is 2.58. The van der Waals surface area contributed by atoms with Crippen LogP contribution in [0.5, 0.6) is 0 Å². The molecule has 0 bridgehead atoms. The quantitative estimate of drug-likeness (QED) is 0.431. The zero-order valence-corrected chi connectivity index (χ0v) is 15.9. The molecule has 0 saturated heterocycles. The minimum absolute atomic E-state index is 0.262. The first-order valence-electron chi connectivity index (χ1n) is 9.69. The van der Waals surface area contributed by atoms with Gasteiger partial charge in [0.1, 0.15) is 0 Å². The fourth-order valence-electron chi connectivity index (χ4n) is 3.18. The van der Waals surface area contributed by atoms with Crippen LogP contribution in [0.1, 0.15) is 76.0 Å². The monoisotopic (exact) mass is 322 g/mol. The van der Waals surface area contributed by atoms with E-state index in [1.54, 1.807) is 0 Å². The highest BCUT2D eigenvalue weighted by atomic mass is 14.2. The van der Waals surface area contributed by atoms with Gasteiger partial charge in [0.05, 0.1) is 0 Å². The third-order valence-electron chi connectivity index (χ3n) is 4.84. The molecule has 0 amide bonds. The molecule has 24 heavy (non-hydrogen) atoms. The molecule has 0 aliphatic heterocycles. The minimum atomic E-state index is 0.262.